The van der Waals surface area contributed by atoms with Gasteiger partial charge in [0.05, 0.1) is 6.10 Å². The molecule has 1 heterocycles. The molecule has 1 aliphatic carbocycles. The molecule has 0 aromatic heterocycles. The van der Waals surface area contributed by atoms with Crippen LogP contribution in [-0.4, -0.2) is 54.8 Å². The van der Waals surface area contributed by atoms with Gasteiger partial charge in [-0.05, 0) is 61.5 Å². The average Bonchev–Trinajstić information content (AvgIpc) is 3.36. The molecule has 4 rings (SSSR count). The summed E-state index contributed by atoms with van der Waals surface area (Å²) in [6.45, 7) is 16.4. The topological polar surface area (TPSA) is 98.9 Å². The van der Waals surface area contributed by atoms with Gasteiger partial charge in [0.1, 0.15) is 11.1 Å². The van der Waals surface area contributed by atoms with Gasteiger partial charge in [-0.15, -0.1) is 0 Å². The van der Waals surface area contributed by atoms with Gasteiger partial charge in [0.25, 0.3) is 8.32 Å². The Labute approximate surface area is 257 Å². The van der Waals surface area contributed by atoms with Crippen molar-refractivity contribution in [3.63, 3.8) is 0 Å². The number of carbonyl (C=O) groups excluding carboxylic acids is 3. The minimum absolute atomic E-state index is 0.0936. The summed E-state index contributed by atoms with van der Waals surface area (Å²) in [6, 6.07) is 20.8. The zero-order chi connectivity index (χ0) is 31.8. The van der Waals surface area contributed by atoms with Crippen LogP contribution < -0.4 is 16.1 Å². The van der Waals surface area contributed by atoms with E-state index in [-0.39, 0.29) is 17.2 Å². The largest absolute Gasteiger partial charge is 0.444 e. The Morgan fingerprint density at radius 1 is 0.953 bits per heavy atom. The molecule has 2 aliphatic rings. The molecule has 0 bridgehead atoms. The summed E-state index contributed by atoms with van der Waals surface area (Å²) in [6.07, 6.45) is 3.55. The van der Waals surface area contributed by atoms with Crippen molar-refractivity contribution in [3.05, 3.63) is 72.8 Å². The lowest BCUT2D eigenvalue weighted by molar-refractivity contribution is -0.135. The third-order valence-corrected chi connectivity index (χ3v) is 14.2. The van der Waals surface area contributed by atoms with Crippen molar-refractivity contribution in [2.45, 2.75) is 96.9 Å². The quantitative estimate of drug-likeness (QED) is 0.429. The van der Waals surface area contributed by atoms with Gasteiger partial charge in [0.2, 0.25) is 5.91 Å². The SMILES string of the molecule is CC(C)(C)OC(=O)N1CCC[C@@]1(C[C@H]1C(=O)C=C[C@@H](O[Si](c2ccccc2)(c2ccccc2)C(C)(C)C)C1(C)C)C(N)=O. The first-order chi connectivity index (χ1) is 20.0. The highest BCUT2D eigenvalue weighted by Crippen LogP contribution is 2.48. The Hall–Kier alpha value is -3.23. The number of rotatable bonds is 7. The minimum atomic E-state index is -2.96. The van der Waals surface area contributed by atoms with E-state index in [0.717, 1.165) is 10.4 Å². The van der Waals surface area contributed by atoms with Gasteiger partial charge in [0.15, 0.2) is 5.78 Å². The molecule has 2 N–H and O–H groups in total. The summed E-state index contributed by atoms with van der Waals surface area (Å²) in [5, 5.41) is 2.03. The molecule has 1 aliphatic heterocycles. The Bertz CT molecular complexity index is 1320. The molecule has 0 saturated carbocycles. The predicted octanol–water partition coefficient (Wildman–Crippen LogP) is 5.36. The van der Waals surface area contributed by atoms with E-state index in [4.69, 9.17) is 14.9 Å². The normalized spacial score (nSPS) is 24.2. The van der Waals surface area contributed by atoms with Crippen molar-refractivity contribution in [2.75, 3.05) is 6.54 Å². The van der Waals surface area contributed by atoms with Crippen molar-refractivity contribution in [2.24, 2.45) is 17.1 Å². The molecule has 8 heteroatoms. The van der Waals surface area contributed by atoms with E-state index >= 15 is 0 Å². The van der Waals surface area contributed by atoms with Crippen molar-refractivity contribution >= 4 is 36.5 Å². The molecule has 1 saturated heterocycles. The van der Waals surface area contributed by atoms with Crippen LogP contribution in [0.15, 0.2) is 72.8 Å². The molecule has 7 nitrogen and oxygen atoms in total. The number of nitrogens with two attached hydrogens (primary N) is 1. The van der Waals surface area contributed by atoms with Gasteiger partial charge in [-0.1, -0.05) is 101 Å². The number of hydrogen-bond donors (Lipinski definition) is 1. The highest BCUT2D eigenvalue weighted by Gasteiger charge is 2.58. The van der Waals surface area contributed by atoms with Gasteiger partial charge in [0, 0.05) is 17.9 Å². The van der Waals surface area contributed by atoms with Crippen LogP contribution >= 0.6 is 0 Å². The van der Waals surface area contributed by atoms with Crippen LogP contribution in [0, 0.1) is 11.3 Å². The molecule has 0 unspecified atom stereocenters. The highest BCUT2D eigenvalue weighted by atomic mass is 28.4. The van der Waals surface area contributed by atoms with Crippen molar-refractivity contribution < 1.29 is 23.5 Å². The smallest absolute Gasteiger partial charge is 0.411 e. The molecule has 2 amide bonds. The molecule has 2 aromatic carbocycles. The fourth-order valence-electron chi connectivity index (χ4n) is 6.92. The fourth-order valence-corrected chi connectivity index (χ4v) is 11.7. The first kappa shape index (κ1) is 32.7. The second-order valence-corrected chi connectivity index (χ2v) is 18.9. The third-order valence-electron chi connectivity index (χ3n) is 9.23. The van der Waals surface area contributed by atoms with Crippen LogP contribution in [0.5, 0.6) is 0 Å². The van der Waals surface area contributed by atoms with Crippen molar-refractivity contribution in [1.82, 2.24) is 4.90 Å². The monoisotopic (exact) mass is 604 g/mol. The summed E-state index contributed by atoms with van der Waals surface area (Å²) in [4.78, 5) is 41.7. The Morgan fingerprint density at radius 3 is 1.95 bits per heavy atom. The molecular formula is C35H48N2O5Si. The number of amides is 2. The van der Waals surface area contributed by atoms with Crippen LogP contribution in [-0.2, 0) is 18.8 Å². The minimum Gasteiger partial charge on any atom is -0.444 e. The van der Waals surface area contributed by atoms with Gasteiger partial charge >= 0.3 is 6.09 Å². The molecular weight excluding hydrogens is 556 g/mol. The zero-order valence-electron chi connectivity index (χ0n) is 27.0. The third kappa shape index (κ3) is 6.09. The maximum atomic E-state index is 13.7. The van der Waals surface area contributed by atoms with E-state index in [0.29, 0.717) is 19.4 Å². The van der Waals surface area contributed by atoms with Gasteiger partial charge in [-0.25, -0.2) is 4.79 Å². The summed E-state index contributed by atoms with van der Waals surface area (Å²) >= 11 is 0. The average molecular weight is 605 g/mol. The maximum absolute atomic E-state index is 13.7. The zero-order valence-corrected chi connectivity index (χ0v) is 28.0. The van der Waals surface area contributed by atoms with Crippen LogP contribution in [0.3, 0.4) is 0 Å². The van der Waals surface area contributed by atoms with Crippen LogP contribution in [0.4, 0.5) is 4.79 Å². The number of carbonyl (C=O) groups is 3. The molecule has 0 radical (unpaired) electrons. The summed E-state index contributed by atoms with van der Waals surface area (Å²) in [7, 11) is -2.96. The van der Waals surface area contributed by atoms with Gasteiger partial charge < -0.3 is 14.9 Å². The molecule has 2 aromatic rings. The van der Waals surface area contributed by atoms with E-state index in [1.54, 1.807) is 26.8 Å². The second kappa shape index (κ2) is 11.7. The Balaban J connectivity index is 1.78. The highest BCUT2D eigenvalue weighted by molar-refractivity contribution is 6.99. The number of likely N-dealkylation sites (tertiary alicyclic amines) is 1. The van der Waals surface area contributed by atoms with E-state index in [2.05, 4.69) is 45.0 Å². The summed E-state index contributed by atoms with van der Waals surface area (Å²) in [5.41, 5.74) is 3.30. The van der Waals surface area contributed by atoms with Crippen molar-refractivity contribution in [1.29, 1.82) is 0 Å². The van der Waals surface area contributed by atoms with E-state index in [1.807, 2.05) is 56.3 Å². The van der Waals surface area contributed by atoms with Crippen LogP contribution in [0.1, 0.15) is 74.7 Å². The first-order valence-corrected chi connectivity index (χ1v) is 17.2. The van der Waals surface area contributed by atoms with Crippen LogP contribution in [0.25, 0.3) is 0 Å². The van der Waals surface area contributed by atoms with Gasteiger partial charge in [-0.2, -0.15) is 0 Å². The van der Waals surface area contributed by atoms with Crippen molar-refractivity contribution in [3.8, 4) is 0 Å². The number of nitrogens with zero attached hydrogens (tertiary/aromatic N) is 1. The van der Waals surface area contributed by atoms with E-state index in [1.165, 1.54) is 4.90 Å². The molecule has 1 fully saturated rings. The molecule has 3 atom stereocenters. The number of ether oxygens (including phenoxy) is 1. The number of primary amides is 1. The lowest BCUT2D eigenvalue weighted by Gasteiger charge is -2.51. The number of benzene rings is 2. The molecule has 43 heavy (non-hydrogen) atoms. The van der Waals surface area contributed by atoms with Gasteiger partial charge in [-0.3, -0.25) is 14.5 Å². The number of allylic oxidation sites excluding steroid dienone is 1. The standard InChI is InChI=1S/C35H48N2O5Si/c1-32(2,3)41-31(40)37-23-15-22-35(37,30(36)39)24-27-28(38)20-21-29(34(27,7)8)42-43(33(4,5)6,25-16-11-9-12-17-25)26-18-13-10-14-19-26/h9-14,16-21,27,29H,15,22-24H2,1-8H3,(H2,36,39)/t27-,29+,35+/m0/s1. The summed E-state index contributed by atoms with van der Waals surface area (Å²) < 4.78 is 13.2. The fraction of sp³-hybridized carbons (Fsp3) is 0.514. The van der Waals surface area contributed by atoms with Crippen LogP contribution in [0.2, 0.25) is 5.04 Å². The second-order valence-electron chi connectivity index (χ2n) is 14.7. The van der Waals surface area contributed by atoms with E-state index < -0.39 is 48.9 Å². The Morgan fingerprint density at radius 2 is 1.49 bits per heavy atom. The molecule has 232 valence electrons. The molecule has 0 spiro atoms. The lowest BCUT2D eigenvalue weighted by Crippen LogP contribution is -2.69. The first-order valence-electron chi connectivity index (χ1n) is 15.3. The summed E-state index contributed by atoms with van der Waals surface area (Å²) in [5.74, 6) is -1.32. The lowest BCUT2D eigenvalue weighted by atomic mass is 9.64. The number of hydrogen-bond acceptors (Lipinski definition) is 5. The Kier molecular flexibility index (Phi) is 8.89. The maximum Gasteiger partial charge on any atom is 0.411 e. The predicted molar refractivity (Wildman–Crippen MR) is 173 cm³/mol. The van der Waals surface area contributed by atoms with E-state index in [9.17, 15) is 14.4 Å². The number of ketones is 1.